The van der Waals surface area contributed by atoms with Crippen molar-refractivity contribution in [2.75, 3.05) is 6.61 Å². The topological polar surface area (TPSA) is 119 Å². The number of hydrogen-bond donors (Lipinski definition) is 4. The average Bonchev–Trinajstić information content (AvgIpc) is 3.49. The van der Waals surface area contributed by atoms with Crippen LogP contribution in [0.3, 0.4) is 0 Å². The van der Waals surface area contributed by atoms with Gasteiger partial charge < -0.3 is 26.2 Å². The van der Waals surface area contributed by atoms with E-state index >= 15 is 0 Å². The first-order valence-corrected chi connectivity index (χ1v) is 9.84. The van der Waals surface area contributed by atoms with Crippen LogP contribution in [0.4, 0.5) is 0 Å². The van der Waals surface area contributed by atoms with Crippen molar-refractivity contribution in [3.05, 3.63) is 65.2 Å². The van der Waals surface area contributed by atoms with Gasteiger partial charge in [0.05, 0.1) is 35.4 Å². The molecule has 2 aliphatic rings. The van der Waals surface area contributed by atoms with Crippen molar-refractivity contribution in [2.45, 2.75) is 12.6 Å². The van der Waals surface area contributed by atoms with Gasteiger partial charge in [-0.1, -0.05) is 0 Å². The molecule has 0 fully saturated rings. The first-order valence-electron chi connectivity index (χ1n) is 9.84. The van der Waals surface area contributed by atoms with Crippen LogP contribution in [-0.4, -0.2) is 32.7 Å². The fraction of sp³-hybridized carbons (Fsp3) is 0.130. The smallest absolute Gasteiger partial charge is 0.168 e. The van der Waals surface area contributed by atoms with E-state index in [-0.39, 0.29) is 17.1 Å². The average molecular weight is 453 g/mol. The molecule has 5 rings (SSSR count). The minimum absolute atomic E-state index is 0. The number of ether oxygens (including phenoxy) is 1. The predicted molar refractivity (Wildman–Crippen MR) is 121 cm³/mol. The van der Waals surface area contributed by atoms with Gasteiger partial charge in [-0.2, -0.15) is 0 Å². The van der Waals surface area contributed by atoms with Gasteiger partial charge in [0.1, 0.15) is 5.69 Å². The van der Waals surface area contributed by atoms with Gasteiger partial charge in [0.2, 0.25) is 0 Å². The van der Waals surface area contributed by atoms with Crippen LogP contribution in [0.25, 0.3) is 46.4 Å². The molecular formula is C23H22MnN6O. The number of fused-ring (bicyclic) bond motifs is 8. The maximum atomic E-state index is 6.06. The molecule has 0 aromatic carbocycles. The summed E-state index contributed by atoms with van der Waals surface area (Å²) < 4.78 is 6.06. The van der Waals surface area contributed by atoms with Crippen LogP contribution in [0, 0.1) is 0 Å². The number of nitrogens with one attached hydrogen (secondary N) is 2. The summed E-state index contributed by atoms with van der Waals surface area (Å²) in [5.41, 5.74) is 18.4. The molecule has 157 valence electrons. The number of hydrogen-bond acceptors (Lipinski definition) is 5. The maximum absolute atomic E-state index is 6.06. The Balaban J connectivity index is 0.00000231. The van der Waals surface area contributed by atoms with Crippen molar-refractivity contribution >= 4 is 46.4 Å². The number of nitrogens with zero attached hydrogens (tertiary/aromatic N) is 2. The zero-order valence-electron chi connectivity index (χ0n) is 16.7. The molecule has 0 spiro atoms. The Labute approximate surface area is 189 Å². The molecule has 0 aliphatic carbocycles. The Hall–Kier alpha value is -3.16. The molecule has 0 unspecified atom stereocenters. The zero-order valence-corrected chi connectivity index (χ0v) is 17.9. The van der Waals surface area contributed by atoms with E-state index in [0.717, 1.165) is 44.8 Å². The summed E-state index contributed by atoms with van der Waals surface area (Å²) in [6.07, 6.45) is 8.04. The molecule has 3 aromatic rings. The zero-order chi connectivity index (χ0) is 20.5. The Morgan fingerprint density at radius 1 is 0.774 bits per heavy atom. The van der Waals surface area contributed by atoms with Gasteiger partial charge in [-0.3, -0.25) is 0 Å². The minimum Gasteiger partial charge on any atom is -0.489 e. The molecule has 2 aliphatic heterocycles. The van der Waals surface area contributed by atoms with Gasteiger partial charge in [0, 0.05) is 40.0 Å². The van der Waals surface area contributed by atoms with E-state index in [2.05, 4.69) is 15.0 Å². The molecule has 8 heteroatoms. The summed E-state index contributed by atoms with van der Waals surface area (Å²) >= 11 is 0. The van der Waals surface area contributed by atoms with Gasteiger partial charge >= 0.3 is 0 Å². The molecule has 0 saturated carbocycles. The van der Waals surface area contributed by atoms with Gasteiger partial charge in [-0.15, -0.1) is 0 Å². The second-order valence-corrected chi connectivity index (χ2v) is 7.31. The Morgan fingerprint density at radius 3 is 2.03 bits per heavy atom. The quantitative estimate of drug-likeness (QED) is 0.245. The molecule has 5 heterocycles. The fourth-order valence-electron chi connectivity index (χ4n) is 3.43. The second kappa shape index (κ2) is 8.91. The molecule has 0 saturated heterocycles. The SMILES string of the molecule is NC(N)CCOc1c2nc(cc3ccc(cc4nc(cc5ccc1[nH]5)C=C4)[nH]3)C=C2.[Mn]. The number of aromatic amines is 2. The third kappa shape index (κ3) is 4.78. The van der Waals surface area contributed by atoms with Crippen molar-refractivity contribution in [1.82, 2.24) is 19.9 Å². The van der Waals surface area contributed by atoms with Gasteiger partial charge in [-0.05, 0) is 66.8 Å². The van der Waals surface area contributed by atoms with Crippen molar-refractivity contribution in [1.29, 1.82) is 0 Å². The van der Waals surface area contributed by atoms with Gasteiger partial charge in [0.15, 0.2) is 5.75 Å². The van der Waals surface area contributed by atoms with E-state index in [9.17, 15) is 0 Å². The largest absolute Gasteiger partial charge is 0.489 e. The van der Waals surface area contributed by atoms with Crippen molar-refractivity contribution in [2.24, 2.45) is 11.5 Å². The third-order valence-corrected chi connectivity index (χ3v) is 4.87. The molecule has 6 N–H and O–H groups in total. The van der Waals surface area contributed by atoms with Crippen LogP contribution in [0.1, 0.15) is 29.2 Å². The van der Waals surface area contributed by atoms with Gasteiger partial charge in [-0.25, -0.2) is 9.97 Å². The van der Waals surface area contributed by atoms with Crippen LogP contribution in [0.15, 0.2) is 42.5 Å². The summed E-state index contributed by atoms with van der Waals surface area (Å²) in [5, 5.41) is 0. The summed E-state index contributed by atoms with van der Waals surface area (Å²) in [6.45, 7) is 0.403. The summed E-state index contributed by atoms with van der Waals surface area (Å²) in [4.78, 5) is 16.2. The maximum Gasteiger partial charge on any atom is 0.168 e. The predicted octanol–water partition coefficient (Wildman–Crippen LogP) is 3.67. The van der Waals surface area contributed by atoms with Gasteiger partial charge in [0.25, 0.3) is 0 Å². The second-order valence-electron chi connectivity index (χ2n) is 7.31. The van der Waals surface area contributed by atoms with Crippen LogP contribution >= 0.6 is 0 Å². The van der Waals surface area contributed by atoms with E-state index in [0.29, 0.717) is 18.8 Å². The number of nitrogens with two attached hydrogens (primary N) is 2. The van der Waals surface area contributed by atoms with E-state index < -0.39 is 6.17 Å². The third-order valence-electron chi connectivity index (χ3n) is 4.87. The van der Waals surface area contributed by atoms with E-state index in [4.69, 9.17) is 21.2 Å². The molecule has 0 amide bonds. The number of rotatable bonds is 4. The van der Waals surface area contributed by atoms with Crippen molar-refractivity contribution < 1.29 is 21.8 Å². The van der Waals surface area contributed by atoms with E-state index in [1.54, 1.807) is 0 Å². The van der Waals surface area contributed by atoms with E-state index in [1.165, 1.54) is 0 Å². The van der Waals surface area contributed by atoms with Crippen molar-refractivity contribution in [3.8, 4) is 5.75 Å². The van der Waals surface area contributed by atoms with Crippen LogP contribution in [0.5, 0.6) is 5.75 Å². The normalized spacial score (nSPS) is 12.2. The molecule has 31 heavy (non-hydrogen) atoms. The number of H-pyrrole nitrogens is 2. The van der Waals surface area contributed by atoms with Crippen molar-refractivity contribution in [3.63, 3.8) is 0 Å². The first-order chi connectivity index (χ1) is 14.6. The molecule has 0 atom stereocenters. The number of aromatic nitrogens is 4. The fourth-order valence-corrected chi connectivity index (χ4v) is 3.43. The van der Waals surface area contributed by atoms with E-state index in [1.807, 2.05) is 66.8 Å². The molecular weight excluding hydrogens is 431 g/mol. The minimum atomic E-state index is -0.419. The summed E-state index contributed by atoms with van der Waals surface area (Å²) in [7, 11) is 0. The standard InChI is InChI=1S/C23H22N6O.Mn/c24-22(25)9-10-30-23-20-7-5-18(28-20)12-16-3-1-14(26-16)11-15-2-4-17(27-15)13-19-6-8-21(23)29-19;/h1-8,11-13,22,26,29H,9-10,24-25H2;. The first kappa shape index (κ1) is 21.1. The van der Waals surface area contributed by atoms with Crippen LogP contribution in [0.2, 0.25) is 0 Å². The monoisotopic (exact) mass is 453 g/mol. The summed E-state index contributed by atoms with van der Waals surface area (Å²) in [5.74, 6) is 0.665. The Bertz CT molecular complexity index is 1320. The molecule has 8 bridgehead atoms. The molecule has 1 radical (unpaired) electrons. The molecule has 7 nitrogen and oxygen atoms in total. The summed E-state index contributed by atoms with van der Waals surface area (Å²) in [6, 6.07) is 14.0. The van der Waals surface area contributed by atoms with Crippen LogP contribution in [-0.2, 0) is 17.1 Å². The molecule has 3 aromatic heterocycles. The Kier molecular flexibility index (Phi) is 6.06. The Morgan fingerprint density at radius 2 is 1.35 bits per heavy atom. The van der Waals surface area contributed by atoms with Crippen LogP contribution < -0.4 is 16.2 Å².